The molecule has 2 rings (SSSR count). The van der Waals surface area contributed by atoms with Gasteiger partial charge in [0.1, 0.15) is 5.75 Å². The van der Waals surface area contributed by atoms with Crippen molar-refractivity contribution in [3.05, 3.63) is 71.8 Å². The maximum Gasteiger partial charge on any atom is 0.128 e. The van der Waals surface area contributed by atoms with Gasteiger partial charge in [0.05, 0.1) is 0 Å². The molecular weight excluding hydrogens is 200 g/mol. The Morgan fingerprint density at radius 1 is 0.800 bits per heavy atom. The summed E-state index contributed by atoms with van der Waals surface area (Å²) in [5, 5.41) is 0. The highest BCUT2D eigenvalue weighted by molar-refractivity contribution is 7.57. The first-order valence-electron chi connectivity index (χ1n) is 5.03. The van der Waals surface area contributed by atoms with Crippen molar-refractivity contribution >= 4 is 12.6 Å². The van der Waals surface area contributed by atoms with Crippen molar-refractivity contribution in [1.29, 1.82) is 0 Å². The summed E-state index contributed by atoms with van der Waals surface area (Å²) in [5.41, 5.74) is 2.65. The SMILES string of the molecule is Cc1ccccc1.[SH2+]Cc1ccccc1. The van der Waals surface area contributed by atoms with Crippen molar-refractivity contribution in [2.45, 2.75) is 12.7 Å². The van der Waals surface area contributed by atoms with Gasteiger partial charge in [0.15, 0.2) is 0 Å². The Morgan fingerprint density at radius 3 is 1.53 bits per heavy atom. The molecular formula is C14H17S+. The van der Waals surface area contributed by atoms with Crippen LogP contribution in [-0.2, 0) is 18.4 Å². The maximum absolute atomic E-state index is 3.40. The van der Waals surface area contributed by atoms with Crippen LogP contribution in [0.3, 0.4) is 0 Å². The Balaban J connectivity index is 0.000000151. The van der Waals surface area contributed by atoms with Crippen LogP contribution in [0.1, 0.15) is 11.1 Å². The van der Waals surface area contributed by atoms with Crippen LogP contribution < -0.4 is 0 Å². The maximum atomic E-state index is 3.40. The van der Waals surface area contributed by atoms with E-state index in [1.54, 1.807) is 0 Å². The number of rotatable bonds is 1. The van der Waals surface area contributed by atoms with E-state index < -0.39 is 0 Å². The van der Waals surface area contributed by atoms with Gasteiger partial charge in [-0.25, -0.2) is 0 Å². The number of hydrogen-bond acceptors (Lipinski definition) is 0. The molecule has 15 heavy (non-hydrogen) atoms. The molecule has 0 aliphatic carbocycles. The number of benzene rings is 2. The topological polar surface area (TPSA) is 0 Å². The monoisotopic (exact) mass is 217 g/mol. The summed E-state index contributed by atoms with van der Waals surface area (Å²) in [5.74, 6) is 0.945. The molecule has 0 fully saturated rings. The second kappa shape index (κ2) is 7.13. The second-order valence-electron chi connectivity index (χ2n) is 3.32. The smallest absolute Gasteiger partial charge is 0.0622 e. The Labute approximate surface area is 97.4 Å². The van der Waals surface area contributed by atoms with E-state index >= 15 is 0 Å². The molecule has 2 aromatic rings. The van der Waals surface area contributed by atoms with E-state index in [2.05, 4.69) is 43.8 Å². The summed E-state index contributed by atoms with van der Waals surface area (Å²) in [6, 6.07) is 20.5. The Hall–Kier alpha value is -1.21. The Bertz CT molecular complexity index is 354. The normalized spacial score (nSPS) is 8.93. The lowest BCUT2D eigenvalue weighted by Gasteiger charge is -1.85. The predicted octanol–water partition coefficient (Wildman–Crippen LogP) is 3.19. The fourth-order valence-corrected chi connectivity index (χ4v) is 1.37. The third-order valence-electron chi connectivity index (χ3n) is 1.99. The lowest BCUT2D eigenvalue weighted by atomic mass is 10.2. The predicted molar refractivity (Wildman–Crippen MR) is 71.5 cm³/mol. The molecule has 0 unspecified atom stereocenters. The third kappa shape index (κ3) is 5.28. The van der Waals surface area contributed by atoms with Gasteiger partial charge in [-0.05, 0) is 19.6 Å². The molecule has 0 aromatic heterocycles. The molecule has 0 bridgehead atoms. The van der Waals surface area contributed by atoms with Crippen molar-refractivity contribution in [2.24, 2.45) is 0 Å². The summed E-state index contributed by atoms with van der Waals surface area (Å²) in [4.78, 5) is 0. The van der Waals surface area contributed by atoms with Crippen LogP contribution in [0.2, 0.25) is 0 Å². The largest absolute Gasteiger partial charge is 0.128 e. The van der Waals surface area contributed by atoms with Crippen LogP contribution in [0.15, 0.2) is 60.7 Å². The fraction of sp³-hybridized carbons (Fsp3) is 0.143. The molecule has 0 nitrogen and oxygen atoms in total. The molecule has 0 saturated carbocycles. The first kappa shape index (κ1) is 11.9. The van der Waals surface area contributed by atoms with Crippen molar-refractivity contribution in [2.75, 3.05) is 0 Å². The summed E-state index contributed by atoms with van der Waals surface area (Å²) in [6.45, 7) is 2.08. The highest BCUT2D eigenvalue weighted by Gasteiger charge is 1.85. The van der Waals surface area contributed by atoms with Crippen LogP contribution in [0.4, 0.5) is 0 Å². The molecule has 0 spiro atoms. The highest BCUT2D eigenvalue weighted by Crippen LogP contribution is 1.96. The van der Waals surface area contributed by atoms with Crippen molar-refractivity contribution in [3.63, 3.8) is 0 Å². The zero-order chi connectivity index (χ0) is 10.9. The molecule has 0 saturated heterocycles. The van der Waals surface area contributed by atoms with E-state index in [0.717, 1.165) is 5.75 Å². The van der Waals surface area contributed by atoms with E-state index in [0.29, 0.717) is 0 Å². The first-order valence-corrected chi connectivity index (χ1v) is 5.74. The minimum Gasteiger partial charge on any atom is -0.0622 e. The molecule has 78 valence electrons. The summed E-state index contributed by atoms with van der Waals surface area (Å²) < 4.78 is 0. The van der Waals surface area contributed by atoms with Crippen molar-refractivity contribution in [3.8, 4) is 0 Å². The zero-order valence-corrected chi connectivity index (χ0v) is 9.98. The van der Waals surface area contributed by atoms with Gasteiger partial charge in [0.2, 0.25) is 0 Å². The minimum absolute atomic E-state index is 0.945. The molecule has 0 radical (unpaired) electrons. The number of hydrogen-bond donors (Lipinski definition) is 0. The van der Waals surface area contributed by atoms with Gasteiger partial charge in [-0.15, -0.1) is 0 Å². The van der Waals surface area contributed by atoms with E-state index in [9.17, 15) is 0 Å². The average molecular weight is 217 g/mol. The Kier molecular flexibility index (Phi) is 5.64. The van der Waals surface area contributed by atoms with Gasteiger partial charge in [0.25, 0.3) is 0 Å². The van der Waals surface area contributed by atoms with Gasteiger partial charge < -0.3 is 0 Å². The van der Waals surface area contributed by atoms with Gasteiger partial charge >= 0.3 is 0 Å². The van der Waals surface area contributed by atoms with Crippen LogP contribution in [-0.4, -0.2) is 0 Å². The standard InChI is InChI=1S/C7H8S.C7H8/c8-6-7-4-2-1-3-5-7;1-7-5-3-2-4-6-7/h1-5,8H,6H2;2-6H,1H3/p+1. The lowest BCUT2D eigenvalue weighted by molar-refractivity contribution is 1.43. The molecule has 0 amide bonds. The van der Waals surface area contributed by atoms with E-state index in [1.807, 2.05) is 36.4 Å². The Morgan fingerprint density at radius 2 is 1.27 bits per heavy atom. The fourth-order valence-electron chi connectivity index (χ4n) is 1.13. The van der Waals surface area contributed by atoms with E-state index in [-0.39, 0.29) is 0 Å². The summed E-state index contributed by atoms with van der Waals surface area (Å²) in [6.07, 6.45) is 0. The van der Waals surface area contributed by atoms with Gasteiger partial charge in [-0.3, -0.25) is 0 Å². The molecule has 1 heteroatoms. The summed E-state index contributed by atoms with van der Waals surface area (Å²) in [7, 11) is 0. The molecule has 0 atom stereocenters. The van der Waals surface area contributed by atoms with Gasteiger partial charge in [-0.1, -0.05) is 66.2 Å². The number of aryl methyl sites for hydroxylation is 1. The first-order chi connectivity index (χ1) is 7.33. The zero-order valence-electron chi connectivity index (χ0n) is 8.98. The highest BCUT2D eigenvalue weighted by atomic mass is 32.1. The lowest BCUT2D eigenvalue weighted by Crippen LogP contribution is -1.74. The quantitative estimate of drug-likeness (QED) is 0.644. The third-order valence-corrected chi connectivity index (χ3v) is 2.40. The van der Waals surface area contributed by atoms with E-state index in [1.165, 1.54) is 11.1 Å². The van der Waals surface area contributed by atoms with Gasteiger partial charge in [-0.2, -0.15) is 0 Å². The van der Waals surface area contributed by atoms with Crippen LogP contribution in [0.25, 0.3) is 0 Å². The van der Waals surface area contributed by atoms with Crippen LogP contribution >= 0.6 is 0 Å². The second-order valence-corrected chi connectivity index (χ2v) is 3.67. The average Bonchev–Trinajstić information content (AvgIpc) is 2.32. The van der Waals surface area contributed by atoms with Crippen LogP contribution in [0, 0.1) is 6.92 Å². The van der Waals surface area contributed by atoms with Crippen molar-refractivity contribution < 1.29 is 0 Å². The minimum atomic E-state index is 0.945. The molecule has 0 aliphatic rings. The van der Waals surface area contributed by atoms with Gasteiger partial charge in [0, 0.05) is 5.56 Å². The molecule has 2 aromatic carbocycles. The van der Waals surface area contributed by atoms with E-state index in [4.69, 9.17) is 0 Å². The molecule has 0 aliphatic heterocycles. The van der Waals surface area contributed by atoms with Crippen molar-refractivity contribution in [1.82, 2.24) is 0 Å². The molecule has 0 N–H and O–H groups in total. The molecule has 0 heterocycles. The summed E-state index contributed by atoms with van der Waals surface area (Å²) >= 11 is 3.40. The van der Waals surface area contributed by atoms with Crippen LogP contribution in [0.5, 0.6) is 0 Å².